The number of para-hydroxylation sites is 1. The number of hydrogen-bond acceptors (Lipinski definition) is 4. The number of hydrogen-bond donors (Lipinski definition) is 2. The predicted octanol–water partition coefficient (Wildman–Crippen LogP) is 2.83. The van der Waals surface area contributed by atoms with Crippen LogP contribution >= 0.6 is 0 Å². The summed E-state index contributed by atoms with van der Waals surface area (Å²) < 4.78 is 0. The smallest absolute Gasteiger partial charge is 0.257 e. The average molecular weight is 284 g/mol. The summed E-state index contributed by atoms with van der Waals surface area (Å²) in [7, 11) is 3.79. The van der Waals surface area contributed by atoms with Crippen LogP contribution in [0.25, 0.3) is 0 Å². The zero-order valence-corrected chi connectivity index (χ0v) is 12.6. The van der Waals surface area contributed by atoms with Gasteiger partial charge in [-0.2, -0.15) is 0 Å². The van der Waals surface area contributed by atoms with Crippen molar-refractivity contribution in [2.24, 2.45) is 0 Å². The zero-order chi connectivity index (χ0) is 15.2. The summed E-state index contributed by atoms with van der Waals surface area (Å²) >= 11 is 0. The van der Waals surface area contributed by atoms with Crippen LogP contribution in [-0.4, -0.2) is 31.5 Å². The highest BCUT2D eigenvalue weighted by atomic mass is 16.1. The molecule has 0 radical (unpaired) electrons. The number of carbonyl (C=O) groups is 1. The molecule has 0 unspecified atom stereocenters. The summed E-state index contributed by atoms with van der Waals surface area (Å²) in [6, 6.07) is 11.1. The molecule has 1 amide bonds. The van der Waals surface area contributed by atoms with Crippen LogP contribution in [0.3, 0.4) is 0 Å². The Kier molecular flexibility index (Phi) is 4.77. The lowest BCUT2D eigenvalue weighted by atomic mass is 10.1. The van der Waals surface area contributed by atoms with E-state index in [9.17, 15) is 4.79 Å². The molecule has 0 aliphatic heterocycles. The maximum atomic E-state index is 12.5. The molecular weight excluding hydrogens is 264 g/mol. The number of aromatic nitrogens is 1. The van der Waals surface area contributed by atoms with Crippen molar-refractivity contribution in [2.45, 2.75) is 6.92 Å². The molecule has 2 N–H and O–H groups in total. The lowest BCUT2D eigenvalue weighted by molar-refractivity contribution is 0.102. The van der Waals surface area contributed by atoms with Crippen LogP contribution in [0.2, 0.25) is 0 Å². The van der Waals surface area contributed by atoms with Crippen molar-refractivity contribution in [3.05, 3.63) is 48.2 Å². The van der Waals surface area contributed by atoms with E-state index in [-0.39, 0.29) is 5.91 Å². The van der Waals surface area contributed by atoms with Gasteiger partial charge in [-0.05, 0) is 31.2 Å². The first-order chi connectivity index (χ1) is 10.1. The van der Waals surface area contributed by atoms with Gasteiger partial charge in [0.05, 0.1) is 11.3 Å². The van der Waals surface area contributed by atoms with Gasteiger partial charge in [-0.15, -0.1) is 0 Å². The number of benzene rings is 1. The summed E-state index contributed by atoms with van der Waals surface area (Å²) in [4.78, 5) is 18.6. The second-order valence-electron chi connectivity index (χ2n) is 4.80. The predicted molar refractivity (Wildman–Crippen MR) is 87.1 cm³/mol. The monoisotopic (exact) mass is 284 g/mol. The summed E-state index contributed by atoms with van der Waals surface area (Å²) in [5.41, 5.74) is 2.14. The van der Waals surface area contributed by atoms with E-state index in [0.717, 1.165) is 18.1 Å². The molecule has 0 aliphatic rings. The highest BCUT2D eigenvalue weighted by molar-refractivity contribution is 6.09. The number of nitrogens with one attached hydrogen (secondary N) is 2. The summed E-state index contributed by atoms with van der Waals surface area (Å²) in [6.45, 7) is 2.76. The highest BCUT2D eigenvalue weighted by Gasteiger charge is 2.13. The fraction of sp³-hybridized carbons (Fsp3) is 0.250. The van der Waals surface area contributed by atoms with Gasteiger partial charge in [-0.3, -0.25) is 4.79 Å². The summed E-state index contributed by atoms with van der Waals surface area (Å²) in [6.07, 6.45) is 1.71. The molecule has 5 heteroatoms. The second kappa shape index (κ2) is 6.74. The Morgan fingerprint density at radius 3 is 2.57 bits per heavy atom. The molecule has 110 valence electrons. The van der Waals surface area contributed by atoms with Crippen LogP contribution in [0.4, 0.5) is 17.2 Å². The molecule has 5 nitrogen and oxygen atoms in total. The molecule has 1 aromatic heterocycles. The second-order valence-corrected chi connectivity index (χ2v) is 4.80. The van der Waals surface area contributed by atoms with E-state index < -0.39 is 0 Å². The molecule has 2 rings (SSSR count). The Hall–Kier alpha value is -2.56. The summed E-state index contributed by atoms with van der Waals surface area (Å²) in [5, 5.41) is 6.12. The number of carbonyl (C=O) groups excluding carboxylic acids is 1. The average Bonchev–Trinajstić information content (AvgIpc) is 2.48. The zero-order valence-electron chi connectivity index (χ0n) is 12.6. The Labute approximate surface area is 125 Å². The lowest BCUT2D eigenvalue weighted by Crippen LogP contribution is -2.18. The molecule has 0 saturated heterocycles. The minimum atomic E-state index is -0.150. The van der Waals surface area contributed by atoms with Crippen LogP contribution in [-0.2, 0) is 0 Å². The first-order valence-corrected chi connectivity index (χ1v) is 6.90. The molecule has 1 heterocycles. The maximum absolute atomic E-state index is 12.5. The first kappa shape index (κ1) is 14.8. The molecule has 0 spiro atoms. The molecule has 2 aromatic rings. The fourth-order valence-electron chi connectivity index (χ4n) is 2.07. The lowest BCUT2D eigenvalue weighted by Gasteiger charge is -2.17. The Morgan fingerprint density at radius 2 is 1.86 bits per heavy atom. The van der Waals surface area contributed by atoms with E-state index >= 15 is 0 Å². The van der Waals surface area contributed by atoms with Crippen LogP contribution in [0.15, 0.2) is 42.6 Å². The van der Waals surface area contributed by atoms with Crippen LogP contribution in [0.5, 0.6) is 0 Å². The quantitative estimate of drug-likeness (QED) is 0.886. The van der Waals surface area contributed by atoms with Crippen molar-refractivity contribution in [3.63, 3.8) is 0 Å². The van der Waals surface area contributed by atoms with E-state index in [1.807, 2.05) is 50.2 Å². The molecule has 0 fully saturated rings. The third-order valence-corrected chi connectivity index (χ3v) is 3.00. The van der Waals surface area contributed by atoms with Gasteiger partial charge in [-0.25, -0.2) is 4.98 Å². The van der Waals surface area contributed by atoms with E-state index in [2.05, 4.69) is 15.6 Å². The minimum Gasteiger partial charge on any atom is -0.385 e. The van der Waals surface area contributed by atoms with Gasteiger partial charge in [0.25, 0.3) is 5.91 Å². The Morgan fingerprint density at radius 1 is 1.14 bits per heavy atom. The van der Waals surface area contributed by atoms with Gasteiger partial charge in [0.2, 0.25) is 0 Å². The fourth-order valence-corrected chi connectivity index (χ4v) is 2.07. The first-order valence-electron chi connectivity index (χ1n) is 6.90. The van der Waals surface area contributed by atoms with Crippen molar-refractivity contribution < 1.29 is 4.79 Å². The topological polar surface area (TPSA) is 57.3 Å². The van der Waals surface area contributed by atoms with Crippen LogP contribution in [0.1, 0.15) is 17.3 Å². The van der Waals surface area contributed by atoms with Gasteiger partial charge >= 0.3 is 0 Å². The minimum absolute atomic E-state index is 0.150. The van der Waals surface area contributed by atoms with Gasteiger partial charge in [0.15, 0.2) is 5.82 Å². The Bertz CT molecular complexity index is 625. The number of pyridine rings is 1. The number of amides is 1. The van der Waals surface area contributed by atoms with Gasteiger partial charge in [0, 0.05) is 32.5 Å². The van der Waals surface area contributed by atoms with Gasteiger partial charge in [0.1, 0.15) is 0 Å². The molecule has 0 saturated carbocycles. The SMILES string of the molecule is CCNc1ccccc1C(=O)Nc1cccnc1N(C)C. The van der Waals surface area contributed by atoms with Crippen molar-refractivity contribution in [1.82, 2.24) is 4.98 Å². The van der Waals surface area contributed by atoms with Gasteiger partial charge in [-0.1, -0.05) is 12.1 Å². The number of anilines is 3. The van der Waals surface area contributed by atoms with E-state index in [0.29, 0.717) is 11.3 Å². The van der Waals surface area contributed by atoms with E-state index in [4.69, 9.17) is 0 Å². The largest absolute Gasteiger partial charge is 0.385 e. The number of rotatable bonds is 5. The van der Waals surface area contributed by atoms with Crippen LogP contribution in [0, 0.1) is 0 Å². The van der Waals surface area contributed by atoms with Crippen molar-refractivity contribution in [3.8, 4) is 0 Å². The molecule has 0 bridgehead atoms. The normalized spacial score (nSPS) is 10.0. The Balaban J connectivity index is 2.27. The van der Waals surface area contributed by atoms with Crippen LogP contribution < -0.4 is 15.5 Å². The number of nitrogens with zero attached hydrogens (tertiary/aromatic N) is 2. The van der Waals surface area contributed by atoms with Crippen molar-refractivity contribution in [1.29, 1.82) is 0 Å². The third-order valence-electron chi connectivity index (χ3n) is 3.00. The van der Waals surface area contributed by atoms with Crippen molar-refractivity contribution in [2.75, 3.05) is 36.2 Å². The standard InChI is InChI=1S/C16H20N4O/c1-4-17-13-9-6-5-8-12(13)16(21)19-14-10-7-11-18-15(14)20(2)3/h5-11,17H,4H2,1-3H3,(H,19,21). The third kappa shape index (κ3) is 3.51. The van der Waals surface area contributed by atoms with Crippen molar-refractivity contribution >= 4 is 23.1 Å². The molecule has 21 heavy (non-hydrogen) atoms. The summed E-state index contributed by atoms with van der Waals surface area (Å²) in [5.74, 6) is 0.578. The van der Waals surface area contributed by atoms with Gasteiger partial charge < -0.3 is 15.5 Å². The molecule has 1 aromatic carbocycles. The van der Waals surface area contributed by atoms with E-state index in [1.54, 1.807) is 18.3 Å². The highest BCUT2D eigenvalue weighted by Crippen LogP contribution is 2.23. The molecular formula is C16H20N4O. The molecule has 0 atom stereocenters. The molecule has 0 aliphatic carbocycles. The van der Waals surface area contributed by atoms with E-state index in [1.165, 1.54) is 0 Å². The maximum Gasteiger partial charge on any atom is 0.257 e.